The third kappa shape index (κ3) is 5.20. The van der Waals surface area contributed by atoms with E-state index < -0.39 is 0 Å². The molecule has 21 heavy (non-hydrogen) atoms. The number of rotatable bonds is 9. The summed E-state index contributed by atoms with van der Waals surface area (Å²) in [5, 5.41) is 13.1. The van der Waals surface area contributed by atoms with Gasteiger partial charge in [0, 0.05) is 18.1 Å². The molecule has 2 aliphatic rings. The normalized spacial score (nSPS) is 27.3. The van der Waals surface area contributed by atoms with Crippen LogP contribution < -0.4 is 5.32 Å². The molecule has 0 saturated carbocycles. The Morgan fingerprint density at radius 1 is 1.24 bits per heavy atom. The lowest BCUT2D eigenvalue weighted by molar-refractivity contribution is 0.157. The Morgan fingerprint density at radius 3 is 2.67 bits per heavy atom. The highest BCUT2D eigenvalue weighted by atomic mass is 16.3. The molecule has 2 rings (SSSR count). The van der Waals surface area contributed by atoms with Gasteiger partial charge in [-0.2, -0.15) is 0 Å². The molecule has 2 heterocycles. The summed E-state index contributed by atoms with van der Waals surface area (Å²) in [5.74, 6) is 0. The molecule has 0 spiro atoms. The first-order valence-electron chi connectivity index (χ1n) is 8.99. The van der Waals surface area contributed by atoms with Crippen molar-refractivity contribution in [2.75, 3.05) is 45.9 Å². The molecule has 0 aliphatic carbocycles. The second-order valence-corrected chi connectivity index (χ2v) is 7.24. The van der Waals surface area contributed by atoms with E-state index in [1.165, 1.54) is 58.4 Å². The SMILES string of the molecule is CCCNC(C)(CO)CCCN1CCC(N2CCCC2)C1. The lowest BCUT2D eigenvalue weighted by atomic mass is 9.96. The van der Waals surface area contributed by atoms with Gasteiger partial charge < -0.3 is 15.3 Å². The number of likely N-dealkylation sites (tertiary alicyclic amines) is 2. The molecule has 4 nitrogen and oxygen atoms in total. The summed E-state index contributed by atoms with van der Waals surface area (Å²) >= 11 is 0. The summed E-state index contributed by atoms with van der Waals surface area (Å²) in [4.78, 5) is 5.32. The maximum absolute atomic E-state index is 9.61. The molecule has 2 atom stereocenters. The summed E-state index contributed by atoms with van der Waals surface area (Å²) in [5.41, 5.74) is -0.0932. The van der Waals surface area contributed by atoms with Crippen LogP contribution >= 0.6 is 0 Å². The van der Waals surface area contributed by atoms with Gasteiger partial charge in [-0.15, -0.1) is 0 Å². The Kier molecular flexibility index (Phi) is 6.93. The molecule has 2 unspecified atom stereocenters. The highest BCUT2D eigenvalue weighted by molar-refractivity contribution is 4.87. The van der Waals surface area contributed by atoms with Gasteiger partial charge in [-0.25, -0.2) is 0 Å². The molecule has 0 amide bonds. The second kappa shape index (κ2) is 8.47. The van der Waals surface area contributed by atoms with E-state index in [0.717, 1.165) is 25.4 Å². The van der Waals surface area contributed by atoms with Crippen molar-refractivity contribution in [3.63, 3.8) is 0 Å². The van der Waals surface area contributed by atoms with Crippen molar-refractivity contribution in [1.29, 1.82) is 0 Å². The first kappa shape index (κ1) is 17.2. The zero-order chi connectivity index (χ0) is 15.1. The molecule has 0 aromatic carbocycles. The van der Waals surface area contributed by atoms with Crippen LogP contribution in [0.5, 0.6) is 0 Å². The van der Waals surface area contributed by atoms with Crippen molar-refractivity contribution in [2.24, 2.45) is 0 Å². The minimum Gasteiger partial charge on any atom is -0.394 e. The van der Waals surface area contributed by atoms with E-state index in [9.17, 15) is 5.11 Å². The highest BCUT2D eigenvalue weighted by Crippen LogP contribution is 2.21. The smallest absolute Gasteiger partial charge is 0.0610 e. The predicted molar refractivity (Wildman–Crippen MR) is 88.7 cm³/mol. The Balaban J connectivity index is 1.64. The fourth-order valence-electron chi connectivity index (χ4n) is 3.76. The van der Waals surface area contributed by atoms with Crippen LogP contribution in [0.4, 0.5) is 0 Å². The van der Waals surface area contributed by atoms with Gasteiger partial charge in [-0.1, -0.05) is 6.92 Å². The van der Waals surface area contributed by atoms with Crippen molar-refractivity contribution >= 4 is 0 Å². The van der Waals surface area contributed by atoms with Crippen LogP contribution in [0.3, 0.4) is 0 Å². The van der Waals surface area contributed by atoms with Crippen LogP contribution in [-0.4, -0.2) is 72.4 Å². The molecule has 0 bridgehead atoms. The Hall–Kier alpha value is -0.160. The fraction of sp³-hybridized carbons (Fsp3) is 1.00. The predicted octanol–water partition coefficient (Wildman–Crippen LogP) is 1.69. The summed E-state index contributed by atoms with van der Waals surface area (Å²) in [6, 6.07) is 0.815. The first-order valence-corrected chi connectivity index (χ1v) is 8.99. The maximum Gasteiger partial charge on any atom is 0.0610 e. The van der Waals surface area contributed by atoms with E-state index in [0.29, 0.717) is 0 Å². The molecular formula is C17H35N3O. The molecule has 0 radical (unpaired) electrons. The van der Waals surface area contributed by atoms with Crippen molar-refractivity contribution < 1.29 is 5.11 Å². The zero-order valence-electron chi connectivity index (χ0n) is 14.1. The van der Waals surface area contributed by atoms with Gasteiger partial charge in [-0.3, -0.25) is 4.90 Å². The molecule has 4 heteroatoms. The number of aliphatic hydroxyl groups is 1. The van der Waals surface area contributed by atoms with Gasteiger partial charge in [0.25, 0.3) is 0 Å². The van der Waals surface area contributed by atoms with E-state index in [2.05, 4.69) is 29.0 Å². The number of nitrogens with one attached hydrogen (secondary N) is 1. The number of aliphatic hydroxyl groups excluding tert-OH is 1. The topological polar surface area (TPSA) is 38.7 Å². The number of hydrogen-bond donors (Lipinski definition) is 2. The molecule has 2 saturated heterocycles. The lowest BCUT2D eigenvalue weighted by Gasteiger charge is -2.30. The van der Waals surface area contributed by atoms with E-state index in [1.54, 1.807) is 0 Å². The van der Waals surface area contributed by atoms with Crippen LogP contribution in [0.1, 0.15) is 52.4 Å². The van der Waals surface area contributed by atoms with E-state index in [4.69, 9.17) is 0 Å². The quantitative estimate of drug-likeness (QED) is 0.679. The zero-order valence-corrected chi connectivity index (χ0v) is 14.1. The van der Waals surface area contributed by atoms with Gasteiger partial charge in [0.2, 0.25) is 0 Å². The monoisotopic (exact) mass is 297 g/mol. The van der Waals surface area contributed by atoms with Crippen molar-refractivity contribution in [3.05, 3.63) is 0 Å². The number of nitrogens with zero attached hydrogens (tertiary/aromatic N) is 2. The second-order valence-electron chi connectivity index (χ2n) is 7.24. The fourth-order valence-corrected chi connectivity index (χ4v) is 3.76. The largest absolute Gasteiger partial charge is 0.394 e. The molecule has 0 aromatic rings. The summed E-state index contributed by atoms with van der Waals surface area (Å²) in [6.45, 7) is 11.9. The summed E-state index contributed by atoms with van der Waals surface area (Å²) in [6.07, 6.45) is 7.52. The first-order chi connectivity index (χ1) is 10.2. The average molecular weight is 297 g/mol. The lowest BCUT2D eigenvalue weighted by Crippen LogP contribution is -2.46. The molecular weight excluding hydrogens is 262 g/mol. The van der Waals surface area contributed by atoms with Crippen LogP contribution in [0.2, 0.25) is 0 Å². The van der Waals surface area contributed by atoms with Crippen molar-refractivity contribution in [1.82, 2.24) is 15.1 Å². The maximum atomic E-state index is 9.61. The Morgan fingerprint density at radius 2 is 2.00 bits per heavy atom. The van der Waals surface area contributed by atoms with Crippen molar-refractivity contribution in [3.8, 4) is 0 Å². The van der Waals surface area contributed by atoms with Crippen LogP contribution in [-0.2, 0) is 0 Å². The third-order valence-corrected chi connectivity index (χ3v) is 5.26. The molecule has 2 fully saturated rings. The van der Waals surface area contributed by atoms with Gasteiger partial charge in [0.1, 0.15) is 0 Å². The molecule has 2 N–H and O–H groups in total. The Labute approximate surface area is 130 Å². The van der Waals surface area contributed by atoms with Gasteiger partial charge in [0.05, 0.1) is 6.61 Å². The van der Waals surface area contributed by atoms with Crippen LogP contribution in [0.15, 0.2) is 0 Å². The molecule has 124 valence electrons. The average Bonchev–Trinajstić information content (AvgIpc) is 3.16. The molecule has 2 aliphatic heterocycles. The minimum atomic E-state index is -0.0932. The standard InChI is InChI=1S/C17H35N3O/c1-3-9-18-17(2,15-21)8-6-10-19-13-7-16(14-19)20-11-4-5-12-20/h16,18,21H,3-15H2,1-2H3. The van der Waals surface area contributed by atoms with Crippen LogP contribution in [0, 0.1) is 0 Å². The van der Waals surface area contributed by atoms with Gasteiger partial charge in [0.15, 0.2) is 0 Å². The minimum absolute atomic E-state index is 0.0932. The van der Waals surface area contributed by atoms with E-state index in [-0.39, 0.29) is 12.1 Å². The van der Waals surface area contributed by atoms with E-state index >= 15 is 0 Å². The summed E-state index contributed by atoms with van der Waals surface area (Å²) in [7, 11) is 0. The van der Waals surface area contributed by atoms with Crippen LogP contribution in [0.25, 0.3) is 0 Å². The summed E-state index contributed by atoms with van der Waals surface area (Å²) < 4.78 is 0. The van der Waals surface area contributed by atoms with Gasteiger partial charge >= 0.3 is 0 Å². The van der Waals surface area contributed by atoms with Gasteiger partial charge in [-0.05, 0) is 78.2 Å². The molecule has 0 aromatic heterocycles. The third-order valence-electron chi connectivity index (χ3n) is 5.26. The number of hydrogen-bond acceptors (Lipinski definition) is 4. The highest BCUT2D eigenvalue weighted by Gasteiger charge is 2.29. The van der Waals surface area contributed by atoms with Crippen molar-refractivity contribution in [2.45, 2.75) is 64.0 Å². The van der Waals surface area contributed by atoms with E-state index in [1.807, 2.05) is 0 Å². The Bertz CT molecular complexity index is 294.